The minimum absolute atomic E-state index is 0.0676. The van der Waals surface area contributed by atoms with Crippen LogP contribution < -0.4 is 15.0 Å². The molecule has 8 heteroatoms. The van der Waals surface area contributed by atoms with E-state index in [1.54, 1.807) is 6.20 Å². The van der Waals surface area contributed by atoms with Gasteiger partial charge in [-0.15, -0.1) is 0 Å². The van der Waals surface area contributed by atoms with Crippen molar-refractivity contribution < 1.29 is 19.0 Å². The number of carbonyl (C=O) groups is 1. The van der Waals surface area contributed by atoms with E-state index in [-0.39, 0.29) is 24.0 Å². The molecule has 172 valence electrons. The van der Waals surface area contributed by atoms with Crippen LogP contribution in [0.25, 0.3) is 10.9 Å². The van der Waals surface area contributed by atoms with Crippen LogP contribution >= 0.6 is 0 Å². The lowest BCUT2D eigenvalue weighted by Crippen LogP contribution is -2.43. The normalized spacial score (nSPS) is 24.9. The standard InChI is InChI=1S/C24H32N4O4/c29-23(26-18-7-12-30-13-8-18)17-3-5-19(6-4-17)32-24-20-2-1-9-25-21(20)16-22(27-24)28-10-14-31-15-11-28/h1-2,9,16-19H,3-8,10-15H2,(H,26,29)/t17-,19+. The molecule has 1 N–H and O–H groups in total. The second kappa shape index (κ2) is 10.0. The summed E-state index contributed by atoms with van der Waals surface area (Å²) < 4.78 is 17.3. The summed E-state index contributed by atoms with van der Waals surface area (Å²) in [7, 11) is 0. The maximum Gasteiger partial charge on any atom is 0.225 e. The van der Waals surface area contributed by atoms with E-state index in [0.717, 1.165) is 81.5 Å². The van der Waals surface area contributed by atoms with E-state index >= 15 is 0 Å². The van der Waals surface area contributed by atoms with Crippen LogP contribution in [-0.2, 0) is 14.3 Å². The van der Waals surface area contributed by atoms with Crippen molar-refractivity contribution in [1.29, 1.82) is 0 Å². The Morgan fingerprint density at radius 1 is 1.03 bits per heavy atom. The fourth-order valence-electron chi connectivity index (χ4n) is 4.84. The topological polar surface area (TPSA) is 85.8 Å². The lowest BCUT2D eigenvalue weighted by atomic mass is 9.86. The lowest BCUT2D eigenvalue weighted by Gasteiger charge is -2.31. The molecule has 8 nitrogen and oxygen atoms in total. The zero-order valence-corrected chi connectivity index (χ0v) is 18.5. The molecule has 1 saturated carbocycles. The minimum Gasteiger partial charge on any atom is -0.474 e. The molecule has 3 aliphatic rings. The van der Waals surface area contributed by atoms with Gasteiger partial charge in [0.2, 0.25) is 11.8 Å². The monoisotopic (exact) mass is 440 g/mol. The summed E-state index contributed by atoms with van der Waals surface area (Å²) in [4.78, 5) is 24.3. The number of carbonyl (C=O) groups excluding carboxylic acids is 1. The van der Waals surface area contributed by atoms with Gasteiger partial charge in [-0.05, 0) is 50.7 Å². The molecule has 2 aliphatic heterocycles. The number of aromatic nitrogens is 2. The number of amides is 1. The third-order valence-corrected chi connectivity index (χ3v) is 6.78. The van der Waals surface area contributed by atoms with Crippen molar-refractivity contribution in [2.75, 3.05) is 44.4 Å². The molecule has 1 amide bonds. The number of rotatable bonds is 5. The van der Waals surface area contributed by atoms with E-state index in [4.69, 9.17) is 19.2 Å². The number of nitrogens with one attached hydrogen (secondary N) is 1. The highest BCUT2D eigenvalue weighted by Crippen LogP contribution is 2.32. The first-order chi connectivity index (χ1) is 15.8. The Kier molecular flexibility index (Phi) is 6.69. The molecule has 0 bridgehead atoms. The molecule has 0 spiro atoms. The Morgan fingerprint density at radius 3 is 2.56 bits per heavy atom. The minimum atomic E-state index is 0.0676. The molecule has 0 unspecified atom stereocenters. The number of pyridine rings is 2. The Bertz CT molecular complexity index is 919. The van der Waals surface area contributed by atoms with Gasteiger partial charge in [-0.3, -0.25) is 9.78 Å². The predicted octanol–water partition coefficient (Wildman–Crippen LogP) is 2.70. The van der Waals surface area contributed by atoms with E-state index in [9.17, 15) is 4.79 Å². The summed E-state index contributed by atoms with van der Waals surface area (Å²) in [5.74, 6) is 1.80. The molecule has 2 saturated heterocycles. The van der Waals surface area contributed by atoms with Crippen LogP contribution in [0.4, 0.5) is 5.82 Å². The Hall–Kier alpha value is -2.45. The first-order valence-electron chi connectivity index (χ1n) is 11.9. The third-order valence-electron chi connectivity index (χ3n) is 6.78. The van der Waals surface area contributed by atoms with Crippen molar-refractivity contribution in [3.8, 4) is 5.88 Å². The second-order valence-electron chi connectivity index (χ2n) is 8.94. The summed E-state index contributed by atoms with van der Waals surface area (Å²) in [5, 5.41) is 4.16. The highest BCUT2D eigenvalue weighted by Gasteiger charge is 2.29. The second-order valence-corrected chi connectivity index (χ2v) is 8.94. The van der Waals surface area contributed by atoms with Gasteiger partial charge in [0.15, 0.2) is 0 Å². The number of hydrogen-bond donors (Lipinski definition) is 1. The van der Waals surface area contributed by atoms with Crippen LogP contribution in [0, 0.1) is 5.92 Å². The lowest BCUT2D eigenvalue weighted by molar-refractivity contribution is -0.127. The number of fused-ring (bicyclic) bond motifs is 1. The van der Waals surface area contributed by atoms with Crippen molar-refractivity contribution in [2.24, 2.45) is 5.92 Å². The first kappa shape index (κ1) is 21.4. The van der Waals surface area contributed by atoms with Gasteiger partial charge in [0.1, 0.15) is 11.9 Å². The molecule has 5 rings (SSSR count). The summed E-state index contributed by atoms with van der Waals surface area (Å²) in [6.45, 7) is 4.53. The summed E-state index contributed by atoms with van der Waals surface area (Å²) in [6, 6.07) is 6.23. The molecule has 1 aliphatic carbocycles. The zero-order chi connectivity index (χ0) is 21.8. The molecule has 2 aromatic rings. The van der Waals surface area contributed by atoms with Crippen LogP contribution in [0.2, 0.25) is 0 Å². The van der Waals surface area contributed by atoms with Crippen molar-refractivity contribution in [3.05, 3.63) is 24.4 Å². The van der Waals surface area contributed by atoms with Gasteiger partial charge < -0.3 is 24.4 Å². The van der Waals surface area contributed by atoms with E-state index in [2.05, 4.69) is 15.2 Å². The van der Waals surface area contributed by atoms with Crippen LogP contribution in [0.3, 0.4) is 0 Å². The van der Waals surface area contributed by atoms with Crippen molar-refractivity contribution in [2.45, 2.75) is 50.7 Å². The third kappa shape index (κ3) is 4.96. The van der Waals surface area contributed by atoms with E-state index < -0.39 is 0 Å². The number of anilines is 1. The fraction of sp³-hybridized carbons (Fsp3) is 0.625. The van der Waals surface area contributed by atoms with Crippen LogP contribution in [0.5, 0.6) is 5.88 Å². The molecule has 0 aromatic carbocycles. The predicted molar refractivity (Wildman–Crippen MR) is 121 cm³/mol. The smallest absolute Gasteiger partial charge is 0.225 e. The number of morpholine rings is 1. The maximum absolute atomic E-state index is 12.7. The quantitative estimate of drug-likeness (QED) is 0.765. The Balaban J connectivity index is 1.23. The average Bonchev–Trinajstić information content (AvgIpc) is 2.85. The number of hydrogen-bond acceptors (Lipinski definition) is 7. The number of nitrogens with zero attached hydrogens (tertiary/aromatic N) is 3. The average molecular weight is 441 g/mol. The molecule has 4 heterocycles. The SMILES string of the molecule is O=C(NC1CCOCC1)[C@H]1CC[C@@H](Oc2nc(N3CCOCC3)cc3ncccc23)CC1. The highest BCUT2D eigenvalue weighted by atomic mass is 16.5. The zero-order valence-electron chi connectivity index (χ0n) is 18.5. The molecule has 0 radical (unpaired) electrons. The fourth-order valence-corrected chi connectivity index (χ4v) is 4.84. The van der Waals surface area contributed by atoms with E-state index in [1.165, 1.54) is 0 Å². The molecular formula is C24H32N4O4. The molecule has 2 aromatic heterocycles. The molecular weight excluding hydrogens is 408 g/mol. The van der Waals surface area contributed by atoms with Crippen LogP contribution in [0.1, 0.15) is 38.5 Å². The Labute approximate surface area is 188 Å². The van der Waals surface area contributed by atoms with Gasteiger partial charge in [-0.1, -0.05) is 0 Å². The van der Waals surface area contributed by atoms with E-state index in [0.29, 0.717) is 19.1 Å². The summed E-state index contributed by atoms with van der Waals surface area (Å²) in [5.41, 5.74) is 0.892. The van der Waals surface area contributed by atoms with Gasteiger partial charge in [0, 0.05) is 50.5 Å². The van der Waals surface area contributed by atoms with Gasteiger partial charge >= 0.3 is 0 Å². The van der Waals surface area contributed by atoms with E-state index in [1.807, 2.05) is 18.2 Å². The van der Waals surface area contributed by atoms with Crippen LogP contribution in [0.15, 0.2) is 24.4 Å². The van der Waals surface area contributed by atoms with Crippen molar-refractivity contribution in [1.82, 2.24) is 15.3 Å². The van der Waals surface area contributed by atoms with Gasteiger partial charge in [0.05, 0.1) is 24.1 Å². The summed E-state index contributed by atoms with van der Waals surface area (Å²) in [6.07, 6.45) is 7.11. The molecule has 3 fully saturated rings. The van der Waals surface area contributed by atoms with Crippen molar-refractivity contribution >= 4 is 22.6 Å². The maximum atomic E-state index is 12.7. The Morgan fingerprint density at radius 2 is 1.78 bits per heavy atom. The first-order valence-corrected chi connectivity index (χ1v) is 11.9. The largest absolute Gasteiger partial charge is 0.474 e. The van der Waals surface area contributed by atoms with Gasteiger partial charge in [0.25, 0.3) is 0 Å². The molecule has 32 heavy (non-hydrogen) atoms. The van der Waals surface area contributed by atoms with Crippen LogP contribution in [-0.4, -0.2) is 67.5 Å². The number of ether oxygens (including phenoxy) is 3. The summed E-state index contributed by atoms with van der Waals surface area (Å²) >= 11 is 0. The van der Waals surface area contributed by atoms with Gasteiger partial charge in [-0.2, -0.15) is 4.98 Å². The van der Waals surface area contributed by atoms with Crippen molar-refractivity contribution in [3.63, 3.8) is 0 Å². The van der Waals surface area contributed by atoms with Gasteiger partial charge in [-0.25, -0.2) is 0 Å². The highest BCUT2D eigenvalue weighted by molar-refractivity contribution is 5.85. The molecule has 0 atom stereocenters.